The zero-order valence-corrected chi connectivity index (χ0v) is 37.4. The van der Waals surface area contributed by atoms with E-state index in [0.29, 0.717) is 34.3 Å². The van der Waals surface area contributed by atoms with Gasteiger partial charge in [-0.15, -0.1) is 0 Å². The Morgan fingerprint density at radius 2 is 1.18 bits per heavy atom. The van der Waals surface area contributed by atoms with Gasteiger partial charge in [0.05, 0.1) is 38.1 Å². The quantitative estimate of drug-likeness (QED) is 0.0861. The third kappa shape index (κ3) is 8.50. The molecule has 0 amide bonds. The van der Waals surface area contributed by atoms with Gasteiger partial charge in [-0.1, -0.05) is 27.7 Å². The number of aliphatic hydroxyl groups excluding tert-OH is 1. The number of nitrogen functional groups attached to an aromatic ring is 3. The molecule has 9 N–H and O–H groups in total. The second-order valence-corrected chi connectivity index (χ2v) is 21.1. The summed E-state index contributed by atoms with van der Waals surface area (Å²) in [5, 5.41) is 11.2. The van der Waals surface area contributed by atoms with E-state index in [1.165, 1.54) is 29.7 Å². The molecular weight excluding hydrogens is 893 g/mol. The minimum atomic E-state index is -4.17. The Balaban J connectivity index is 0.973. The molecule has 5 aromatic rings. The summed E-state index contributed by atoms with van der Waals surface area (Å²) in [5.74, 6) is -1.12. The van der Waals surface area contributed by atoms with E-state index in [0.717, 1.165) is 0 Å². The first-order valence-corrected chi connectivity index (χ1v) is 24.7. The average molecular weight is 940 g/mol. The first kappa shape index (κ1) is 44.9. The van der Waals surface area contributed by atoms with Crippen LogP contribution < -0.4 is 22.9 Å². The van der Waals surface area contributed by atoms with E-state index in [4.69, 9.17) is 73.1 Å². The van der Waals surface area contributed by atoms with Gasteiger partial charge in [-0.3, -0.25) is 13.7 Å². The Bertz CT molecular complexity index is 2620. The van der Waals surface area contributed by atoms with Gasteiger partial charge >= 0.3 is 19.1 Å². The number of aromatic nitrogens is 10. The third-order valence-electron chi connectivity index (χ3n) is 11.5. The fourth-order valence-corrected chi connectivity index (χ4v) is 11.1. The molecule has 5 unspecified atom stereocenters. The van der Waals surface area contributed by atoms with Gasteiger partial charge < -0.3 is 64.4 Å². The lowest BCUT2D eigenvalue weighted by Gasteiger charge is -2.29. The lowest BCUT2D eigenvalue weighted by atomic mass is 10.0. The van der Waals surface area contributed by atoms with Crippen LogP contribution in [0.5, 0.6) is 0 Å². The maximum Gasteiger partial charge on any atom is 0.351 e. The SMILES string of the molecule is CC[C@H]1O[C@@H](n2cnc3c(N)ncnc32)[C@@H](C)C1OP(O)(=S)OC[C@H]1O[C@@H](n2cc(C)c(N)nc2=O)[C@@H](C)C1OP(O)(=S)OC[C@H]1O[C@@H](n2cnc3c(N)ncnc32)[C@@H](C)C1O. The molecule has 0 aliphatic carbocycles. The topological polar surface area (TPSA) is 325 Å². The second kappa shape index (κ2) is 17.3. The van der Waals surface area contributed by atoms with Crippen LogP contribution in [0.1, 0.15) is 58.4 Å². The molecule has 62 heavy (non-hydrogen) atoms. The molecule has 14 atom stereocenters. The molecule has 3 aliphatic rings. The molecule has 8 rings (SSSR count). The zero-order chi connectivity index (χ0) is 44.4. The molecule has 5 aromatic heterocycles. The number of hydrogen-bond donors (Lipinski definition) is 6. The number of aryl methyl sites for hydroxylation is 1. The Kier molecular flexibility index (Phi) is 12.6. The van der Waals surface area contributed by atoms with Crippen LogP contribution in [-0.2, 0) is 55.9 Å². The molecule has 0 radical (unpaired) electrons. The van der Waals surface area contributed by atoms with Gasteiger partial charge in [0.2, 0.25) is 0 Å². The fraction of sp³-hybridized carbons (Fsp3) is 0.588. The Hall–Kier alpha value is -3.72. The summed E-state index contributed by atoms with van der Waals surface area (Å²) in [5.41, 5.74) is 19.3. The molecule has 336 valence electrons. The monoisotopic (exact) mass is 939 g/mol. The maximum absolute atomic E-state index is 13.1. The minimum Gasteiger partial charge on any atom is -0.390 e. The van der Waals surface area contributed by atoms with Gasteiger partial charge in [0.1, 0.15) is 72.6 Å². The summed E-state index contributed by atoms with van der Waals surface area (Å²) in [6.45, 7) is -0.0891. The molecule has 3 aliphatic heterocycles. The van der Waals surface area contributed by atoms with E-state index in [2.05, 4.69) is 34.9 Å². The van der Waals surface area contributed by atoms with Crippen molar-refractivity contribution in [3.05, 3.63) is 47.6 Å². The van der Waals surface area contributed by atoms with Crippen LogP contribution in [0.25, 0.3) is 22.3 Å². The van der Waals surface area contributed by atoms with E-state index in [-0.39, 0.29) is 30.0 Å². The summed E-state index contributed by atoms with van der Waals surface area (Å²) in [6.07, 6.45) is -0.152. The van der Waals surface area contributed by atoms with Gasteiger partial charge in [0.25, 0.3) is 0 Å². The number of hydrogen-bond acceptors (Lipinski definition) is 21. The van der Waals surface area contributed by atoms with Gasteiger partial charge in [-0.25, -0.2) is 34.7 Å². The number of fused-ring (bicyclic) bond motifs is 2. The van der Waals surface area contributed by atoms with Gasteiger partial charge in [0, 0.05) is 29.5 Å². The van der Waals surface area contributed by atoms with Crippen LogP contribution in [0.15, 0.2) is 36.3 Å². The molecule has 0 bridgehead atoms. The summed E-state index contributed by atoms with van der Waals surface area (Å²) in [6, 6.07) is 0. The summed E-state index contributed by atoms with van der Waals surface area (Å²) >= 11 is 11.0. The molecule has 0 saturated carbocycles. The Morgan fingerprint density at radius 1 is 0.710 bits per heavy atom. The van der Waals surface area contributed by atoms with Gasteiger partial charge in [-0.05, 0) is 37.0 Å². The van der Waals surface area contributed by atoms with E-state index < -0.39 is 92.9 Å². The molecule has 0 spiro atoms. The van der Waals surface area contributed by atoms with Gasteiger partial charge in [-0.2, -0.15) is 4.98 Å². The maximum atomic E-state index is 13.1. The first-order chi connectivity index (χ1) is 29.4. The van der Waals surface area contributed by atoms with E-state index in [1.807, 2.05) is 13.8 Å². The van der Waals surface area contributed by atoms with Gasteiger partial charge in [0.15, 0.2) is 22.9 Å². The molecular formula is C34H47N13O11P2S2. The standard InChI is InChI=1S/C34H47N13O11P2S2/c1-6-18-24(16(4)33(54-18)47-13-43-22-28(37)39-11-41-30(22)47)57-60(51,62)53-9-20-25(17(5)32(56-20)45-7-14(2)26(35)44-34(45)49)58-59(50,61)52-8-19-23(48)15(3)31(55-19)46-12-42-21-27(36)38-10-40-29(21)46/h7,10-13,15-20,23-25,31-33,48H,6,8-9H2,1-5H3,(H,50,61)(H,51,62)(H2,35,44,49)(H2,36,38,40)(H2,37,39,41)/t15-,16-,17-,18+,19+,20+,23?,24?,25?,31+,32+,33+,59?,60?/m0/s1. The number of nitrogens with zero attached hydrogens (tertiary/aromatic N) is 10. The zero-order valence-electron chi connectivity index (χ0n) is 34.0. The molecule has 8 heterocycles. The van der Waals surface area contributed by atoms with Crippen LogP contribution in [0.3, 0.4) is 0 Å². The highest BCUT2D eigenvalue weighted by molar-refractivity contribution is 8.07. The van der Waals surface area contributed by atoms with Crippen LogP contribution >= 0.6 is 13.4 Å². The molecule has 28 heteroatoms. The van der Waals surface area contributed by atoms with Crippen molar-refractivity contribution in [1.29, 1.82) is 0 Å². The smallest absolute Gasteiger partial charge is 0.351 e. The molecule has 3 fully saturated rings. The van der Waals surface area contributed by atoms with E-state index in [9.17, 15) is 19.7 Å². The average Bonchev–Trinajstić information content (AvgIpc) is 4.04. The van der Waals surface area contributed by atoms with Crippen LogP contribution in [0, 0.1) is 24.7 Å². The number of ether oxygens (including phenoxy) is 3. The number of imidazole rings is 2. The van der Waals surface area contributed by atoms with Crippen LogP contribution in [0.2, 0.25) is 0 Å². The predicted molar refractivity (Wildman–Crippen MR) is 227 cm³/mol. The number of aliphatic hydroxyl groups is 1. The van der Waals surface area contributed by atoms with Crippen molar-refractivity contribution in [2.45, 2.75) is 96.3 Å². The normalized spacial score (nSPS) is 32.1. The van der Waals surface area contributed by atoms with Crippen LogP contribution in [-0.4, -0.2) is 113 Å². The van der Waals surface area contributed by atoms with Crippen molar-refractivity contribution < 1.29 is 47.2 Å². The molecule has 24 nitrogen and oxygen atoms in total. The fourth-order valence-electron chi connectivity index (χ4n) is 8.12. The van der Waals surface area contributed by atoms with Crippen molar-refractivity contribution in [3.63, 3.8) is 0 Å². The third-order valence-corrected chi connectivity index (χ3v) is 14.6. The van der Waals surface area contributed by atoms with Crippen LogP contribution in [0.4, 0.5) is 17.5 Å². The molecule has 0 aromatic carbocycles. The predicted octanol–water partition coefficient (Wildman–Crippen LogP) is 1.59. The lowest BCUT2D eigenvalue weighted by Crippen LogP contribution is -2.34. The largest absolute Gasteiger partial charge is 0.390 e. The highest BCUT2D eigenvalue weighted by Crippen LogP contribution is 2.54. The van der Waals surface area contributed by atoms with Crippen molar-refractivity contribution in [2.24, 2.45) is 17.8 Å². The van der Waals surface area contributed by atoms with E-state index >= 15 is 0 Å². The number of rotatable bonds is 14. The Labute approximate surface area is 363 Å². The number of nitrogens with two attached hydrogens (primary N) is 3. The highest BCUT2D eigenvalue weighted by atomic mass is 32.5. The van der Waals surface area contributed by atoms with Crippen molar-refractivity contribution >= 4 is 76.8 Å². The van der Waals surface area contributed by atoms with E-state index in [1.54, 1.807) is 36.2 Å². The summed E-state index contributed by atoms with van der Waals surface area (Å²) < 4.78 is 47.5. The van der Waals surface area contributed by atoms with Crippen molar-refractivity contribution in [2.75, 3.05) is 30.4 Å². The highest BCUT2D eigenvalue weighted by Gasteiger charge is 2.50. The Morgan fingerprint density at radius 3 is 1.73 bits per heavy atom. The summed E-state index contributed by atoms with van der Waals surface area (Å²) in [7, 11) is 0. The minimum absolute atomic E-state index is 0.0461. The number of anilines is 3. The first-order valence-electron chi connectivity index (χ1n) is 19.5. The van der Waals surface area contributed by atoms with Crippen molar-refractivity contribution in [1.82, 2.24) is 48.6 Å². The second-order valence-electron chi connectivity index (χ2n) is 15.5. The van der Waals surface area contributed by atoms with Crippen molar-refractivity contribution in [3.8, 4) is 0 Å². The molecule has 3 saturated heterocycles. The summed E-state index contributed by atoms with van der Waals surface area (Å²) in [4.78, 5) is 65.3. The lowest BCUT2D eigenvalue weighted by molar-refractivity contribution is -0.0531.